The Hall–Kier alpha value is -2.48. The minimum atomic E-state index is -1.13. The summed E-state index contributed by atoms with van der Waals surface area (Å²) in [7, 11) is 1.56. The molecule has 0 aromatic heterocycles. The van der Waals surface area contributed by atoms with Crippen LogP contribution in [0.2, 0.25) is 0 Å². The fourth-order valence-corrected chi connectivity index (χ4v) is 1.74. The van der Waals surface area contributed by atoms with Gasteiger partial charge in [0.1, 0.15) is 11.8 Å². The maximum Gasteiger partial charge on any atom is 0.327 e. The van der Waals surface area contributed by atoms with Crippen molar-refractivity contribution in [3.63, 3.8) is 0 Å². The summed E-state index contributed by atoms with van der Waals surface area (Å²) in [6, 6.07) is 6.34. The molecule has 1 amide bonds. The van der Waals surface area contributed by atoms with E-state index in [1.54, 1.807) is 7.11 Å². The molecule has 5 heteroatoms. The zero-order chi connectivity index (χ0) is 15.0. The van der Waals surface area contributed by atoms with E-state index < -0.39 is 12.0 Å². The number of terminal acetylenes is 1. The molecule has 20 heavy (non-hydrogen) atoms. The number of ether oxygens (including phenoxy) is 1. The van der Waals surface area contributed by atoms with Crippen molar-refractivity contribution in [1.29, 1.82) is 0 Å². The summed E-state index contributed by atoms with van der Waals surface area (Å²) < 4.78 is 5.18. The van der Waals surface area contributed by atoms with Gasteiger partial charge in [-0.25, -0.2) is 4.79 Å². The molecule has 106 valence electrons. The second-order valence-electron chi connectivity index (χ2n) is 4.18. The quantitative estimate of drug-likeness (QED) is 0.734. The highest BCUT2D eigenvalue weighted by Gasteiger charge is 2.18. The molecule has 0 radical (unpaired) electrons. The Morgan fingerprint density at radius 3 is 2.75 bits per heavy atom. The van der Waals surface area contributed by atoms with Crippen LogP contribution in [0.1, 0.15) is 18.4 Å². The second kappa shape index (κ2) is 7.85. The maximum atomic E-state index is 11.7. The first-order valence-corrected chi connectivity index (χ1v) is 6.16. The Balaban J connectivity index is 2.55. The van der Waals surface area contributed by atoms with Crippen LogP contribution in [0, 0.1) is 12.3 Å². The van der Waals surface area contributed by atoms with Gasteiger partial charge in [-0.1, -0.05) is 18.2 Å². The van der Waals surface area contributed by atoms with Crippen LogP contribution in [0.4, 0.5) is 0 Å². The molecule has 0 aliphatic rings. The van der Waals surface area contributed by atoms with Gasteiger partial charge in [0.25, 0.3) is 0 Å². The monoisotopic (exact) mass is 275 g/mol. The zero-order valence-corrected chi connectivity index (χ0v) is 11.3. The van der Waals surface area contributed by atoms with Gasteiger partial charge in [0, 0.05) is 12.8 Å². The van der Waals surface area contributed by atoms with Gasteiger partial charge in [-0.2, -0.15) is 0 Å². The molecule has 5 nitrogen and oxygen atoms in total. The molecule has 1 aromatic rings. The number of carbonyl (C=O) groups is 2. The van der Waals surface area contributed by atoms with Gasteiger partial charge in [0.15, 0.2) is 0 Å². The normalized spacial score (nSPS) is 11.2. The molecular formula is C15H17NO4. The van der Waals surface area contributed by atoms with Crippen LogP contribution in [-0.2, 0) is 16.0 Å². The van der Waals surface area contributed by atoms with Crippen molar-refractivity contribution >= 4 is 11.9 Å². The summed E-state index contributed by atoms with van der Waals surface area (Å²) in [4.78, 5) is 22.6. The lowest BCUT2D eigenvalue weighted by Gasteiger charge is -2.12. The number of carbonyl (C=O) groups excluding carboxylic acids is 1. The third-order valence-corrected chi connectivity index (χ3v) is 2.77. The first-order chi connectivity index (χ1) is 9.58. The lowest BCUT2D eigenvalue weighted by molar-refractivity contribution is -0.141. The number of carboxylic acids is 1. The minimum absolute atomic E-state index is 0.0320. The molecule has 0 aliphatic heterocycles. The van der Waals surface area contributed by atoms with Crippen molar-refractivity contribution in [3.05, 3.63) is 29.8 Å². The Kier molecular flexibility index (Phi) is 6.11. The summed E-state index contributed by atoms with van der Waals surface area (Å²) in [5.74, 6) is 1.46. The van der Waals surface area contributed by atoms with Gasteiger partial charge < -0.3 is 15.2 Å². The van der Waals surface area contributed by atoms with Crippen LogP contribution in [0.25, 0.3) is 0 Å². The molecule has 0 fully saturated rings. The molecule has 1 atom stereocenters. The molecular weight excluding hydrogens is 258 g/mol. The standard InChI is InChI=1S/C15H17NO4/c1-3-6-12(15(18)19)16-14(17)10-9-11-7-4-5-8-13(11)20-2/h1,4-5,7-8,12H,6,9-10H2,2H3,(H,16,17)(H,18,19). The van der Waals surface area contributed by atoms with E-state index in [4.69, 9.17) is 16.3 Å². The van der Waals surface area contributed by atoms with Crippen molar-refractivity contribution in [2.45, 2.75) is 25.3 Å². The minimum Gasteiger partial charge on any atom is -0.496 e. The van der Waals surface area contributed by atoms with Crippen molar-refractivity contribution in [2.75, 3.05) is 7.11 Å². The molecule has 1 rings (SSSR count). The number of aliphatic carboxylic acids is 1. The van der Waals surface area contributed by atoms with Crippen molar-refractivity contribution in [2.24, 2.45) is 0 Å². The molecule has 0 aliphatic carbocycles. The lowest BCUT2D eigenvalue weighted by atomic mass is 10.1. The summed E-state index contributed by atoms with van der Waals surface area (Å²) in [5.41, 5.74) is 0.897. The molecule has 0 saturated heterocycles. The predicted octanol–water partition coefficient (Wildman–Crippen LogP) is 1.22. The van der Waals surface area contributed by atoms with Gasteiger partial charge in [0.2, 0.25) is 5.91 Å². The number of aryl methyl sites for hydroxylation is 1. The average molecular weight is 275 g/mol. The number of carboxylic acid groups (broad SMARTS) is 1. The summed E-state index contributed by atoms with van der Waals surface area (Å²) in [6.07, 6.45) is 5.68. The average Bonchev–Trinajstić information content (AvgIpc) is 2.44. The summed E-state index contributed by atoms with van der Waals surface area (Å²) in [6.45, 7) is 0. The molecule has 1 aromatic carbocycles. The van der Waals surface area contributed by atoms with Crippen LogP contribution >= 0.6 is 0 Å². The van der Waals surface area contributed by atoms with Crippen molar-refractivity contribution in [3.8, 4) is 18.1 Å². The van der Waals surface area contributed by atoms with Gasteiger partial charge in [-0.15, -0.1) is 12.3 Å². The fraction of sp³-hybridized carbons (Fsp3) is 0.333. The number of hydrogen-bond acceptors (Lipinski definition) is 3. The lowest BCUT2D eigenvalue weighted by Crippen LogP contribution is -2.40. The molecule has 0 bridgehead atoms. The van der Waals surface area contributed by atoms with Gasteiger partial charge in [0.05, 0.1) is 7.11 Å². The van der Waals surface area contributed by atoms with Crippen molar-refractivity contribution < 1.29 is 19.4 Å². The Labute approximate surface area is 117 Å². The number of para-hydroxylation sites is 1. The van der Waals surface area contributed by atoms with E-state index in [1.807, 2.05) is 24.3 Å². The highest BCUT2D eigenvalue weighted by Crippen LogP contribution is 2.18. The predicted molar refractivity (Wildman–Crippen MR) is 74.3 cm³/mol. The molecule has 0 saturated carbocycles. The molecule has 0 heterocycles. The van der Waals surface area contributed by atoms with E-state index in [-0.39, 0.29) is 18.7 Å². The van der Waals surface area contributed by atoms with Crippen molar-refractivity contribution in [1.82, 2.24) is 5.32 Å². The number of amides is 1. The van der Waals surface area contributed by atoms with E-state index in [1.165, 1.54) is 0 Å². The second-order valence-corrected chi connectivity index (χ2v) is 4.18. The number of hydrogen-bond donors (Lipinski definition) is 2. The largest absolute Gasteiger partial charge is 0.496 e. The SMILES string of the molecule is C#CCC(NC(=O)CCc1ccccc1OC)C(=O)O. The summed E-state index contributed by atoms with van der Waals surface area (Å²) >= 11 is 0. The van der Waals surface area contributed by atoms with E-state index in [2.05, 4.69) is 11.2 Å². The molecule has 2 N–H and O–H groups in total. The molecule has 0 spiro atoms. The number of benzene rings is 1. The van der Waals surface area contributed by atoms with Crippen LogP contribution in [-0.4, -0.2) is 30.1 Å². The van der Waals surface area contributed by atoms with E-state index in [9.17, 15) is 9.59 Å². The van der Waals surface area contributed by atoms with Gasteiger partial charge in [-0.3, -0.25) is 4.79 Å². The smallest absolute Gasteiger partial charge is 0.327 e. The summed E-state index contributed by atoms with van der Waals surface area (Å²) in [5, 5.41) is 11.3. The van der Waals surface area contributed by atoms with E-state index in [0.29, 0.717) is 12.2 Å². The Morgan fingerprint density at radius 1 is 1.45 bits per heavy atom. The first kappa shape index (κ1) is 15.6. The maximum absolute atomic E-state index is 11.7. The van der Waals surface area contributed by atoms with E-state index >= 15 is 0 Å². The highest BCUT2D eigenvalue weighted by molar-refractivity contribution is 5.83. The fourth-order valence-electron chi connectivity index (χ4n) is 1.74. The Morgan fingerprint density at radius 2 is 2.15 bits per heavy atom. The topological polar surface area (TPSA) is 75.6 Å². The third-order valence-electron chi connectivity index (χ3n) is 2.77. The molecule has 1 unspecified atom stereocenters. The third kappa shape index (κ3) is 4.65. The Bertz CT molecular complexity index is 519. The van der Waals surface area contributed by atoms with Gasteiger partial charge in [-0.05, 0) is 18.1 Å². The van der Waals surface area contributed by atoms with Crippen LogP contribution in [0.3, 0.4) is 0 Å². The van der Waals surface area contributed by atoms with Crippen LogP contribution in [0.5, 0.6) is 5.75 Å². The van der Waals surface area contributed by atoms with Gasteiger partial charge >= 0.3 is 5.97 Å². The number of rotatable bonds is 7. The number of methoxy groups -OCH3 is 1. The van der Waals surface area contributed by atoms with Crippen LogP contribution in [0.15, 0.2) is 24.3 Å². The highest BCUT2D eigenvalue weighted by atomic mass is 16.5. The van der Waals surface area contributed by atoms with E-state index in [0.717, 1.165) is 5.56 Å². The number of nitrogens with one attached hydrogen (secondary N) is 1. The first-order valence-electron chi connectivity index (χ1n) is 6.16. The van der Waals surface area contributed by atoms with Crippen LogP contribution < -0.4 is 10.1 Å². The zero-order valence-electron chi connectivity index (χ0n) is 11.3.